The first-order valence-electron chi connectivity index (χ1n) is 9.90. The van der Waals surface area contributed by atoms with Gasteiger partial charge < -0.3 is 10.4 Å². The summed E-state index contributed by atoms with van der Waals surface area (Å²) in [6.07, 6.45) is 3.43. The summed E-state index contributed by atoms with van der Waals surface area (Å²) in [6.45, 7) is 4.92. The Hall–Kier alpha value is -1.71. The molecule has 0 unspecified atom stereocenters. The molecule has 0 aromatic heterocycles. The van der Waals surface area contributed by atoms with Crippen LogP contribution < -0.4 is 5.32 Å². The average Bonchev–Trinajstić information content (AvgIpc) is 2.63. The van der Waals surface area contributed by atoms with Crippen LogP contribution in [0.3, 0.4) is 0 Å². The molecule has 156 valence electrons. The predicted octanol–water partition coefficient (Wildman–Crippen LogP) is 2.98. The van der Waals surface area contributed by atoms with Gasteiger partial charge in [-0.25, -0.2) is 8.42 Å². The topological polar surface area (TPSA) is 113 Å². The maximum absolute atomic E-state index is 13.0. The van der Waals surface area contributed by atoms with Crippen molar-refractivity contribution in [2.45, 2.75) is 63.0 Å². The van der Waals surface area contributed by atoms with E-state index in [1.165, 1.54) is 22.5 Å². The number of aliphatic hydroxyl groups is 1. The lowest BCUT2D eigenvalue weighted by atomic mass is 9.93. The lowest BCUT2D eigenvalue weighted by molar-refractivity contribution is -0.384. The highest BCUT2D eigenvalue weighted by molar-refractivity contribution is 7.89. The lowest BCUT2D eigenvalue weighted by Gasteiger charge is -2.34. The number of nitro groups is 1. The van der Waals surface area contributed by atoms with E-state index in [0.717, 1.165) is 19.3 Å². The van der Waals surface area contributed by atoms with E-state index >= 15 is 0 Å². The molecule has 1 heterocycles. The molecule has 0 radical (unpaired) electrons. The average molecular weight is 412 g/mol. The van der Waals surface area contributed by atoms with Gasteiger partial charge >= 0.3 is 0 Å². The van der Waals surface area contributed by atoms with Crippen LogP contribution in [0, 0.1) is 22.0 Å². The lowest BCUT2D eigenvalue weighted by Crippen LogP contribution is -2.42. The van der Waals surface area contributed by atoms with Crippen molar-refractivity contribution < 1.29 is 18.4 Å². The Kier molecular flexibility index (Phi) is 6.26. The molecule has 1 aromatic rings. The molecule has 1 saturated carbocycles. The van der Waals surface area contributed by atoms with Gasteiger partial charge in [-0.2, -0.15) is 4.31 Å². The molecular weight excluding hydrogens is 382 g/mol. The second-order valence-electron chi connectivity index (χ2n) is 8.35. The Morgan fingerprint density at radius 3 is 2.32 bits per heavy atom. The Morgan fingerprint density at radius 2 is 1.75 bits per heavy atom. The highest BCUT2D eigenvalue weighted by Crippen LogP contribution is 2.33. The third-order valence-electron chi connectivity index (χ3n) is 5.70. The zero-order valence-corrected chi connectivity index (χ0v) is 17.2. The molecule has 1 saturated heterocycles. The van der Waals surface area contributed by atoms with E-state index in [1.807, 2.05) is 13.8 Å². The zero-order valence-electron chi connectivity index (χ0n) is 16.4. The standard InChI is InChI=1S/C19H29N3O5S/c1-13-9-14(2)12-21(11-13)28(26,27)17-7-8-18(19(10-17)22(24)25)20-15-3-5-16(23)6-4-15/h7-8,10,13-16,20,23H,3-6,9,11-12H2,1-2H3/t13-,14-,15?,16?/m0/s1. The van der Waals surface area contributed by atoms with Crippen LogP contribution in [-0.2, 0) is 10.0 Å². The quantitative estimate of drug-likeness (QED) is 0.569. The van der Waals surface area contributed by atoms with Crippen LogP contribution in [0.5, 0.6) is 0 Å². The highest BCUT2D eigenvalue weighted by Gasteiger charge is 2.33. The van der Waals surface area contributed by atoms with Gasteiger partial charge in [0, 0.05) is 25.2 Å². The Balaban J connectivity index is 1.84. The van der Waals surface area contributed by atoms with Gasteiger partial charge in [0.15, 0.2) is 0 Å². The van der Waals surface area contributed by atoms with Crippen molar-refractivity contribution in [3.05, 3.63) is 28.3 Å². The second-order valence-corrected chi connectivity index (χ2v) is 10.3. The number of rotatable bonds is 5. The Labute approximate surface area is 166 Å². The minimum Gasteiger partial charge on any atom is -0.393 e. The number of benzene rings is 1. The first-order chi connectivity index (χ1) is 13.2. The van der Waals surface area contributed by atoms with E-state index in [9.17, 15) is 23.6 Å². The van der Waals surface area contributed by atoms with Crippen LogP contribution in [0.15, 0.2) is 23.1 Å². The zero-order chi connectivity index (χ0) is 20.5. The predicted molar refractivity (Wildman–Crippen MR) is 107 cm³/mol. The van der Waals surface area contributed by atoms with Crippen LogP contribution in [0.2, 0.25) is 0 Å². The molecular formula is C19H29N3O5S. The summed E-state index contributed by atoms with van der Waals surface area (Å²) in [4.78, 5) is 11.0. The molecule has 1 aliphatic carbocycles. The molecule has 0 bridgehead atoms. The Morgan fingerprint density at radius 1 is 1.14 bits per heavy atom. The molecule has 2 aliphatic rings. The maximum atomic E-state index is 13.0. The number of aliphatic hydroxyl groups excluding tert-OH is 1. The van der Waals surface area contributed by atoms with Gasteiger partial charge in [0.1, 0.15) is 5.69 Å². The molecule has 0 spiro atoms. The van der Waals surface area contributed by atoms with E-state index in [0.29, 0.717) is 31.6 Å². The van der Waals surface area contributed by atoms with Gasteiger partial charge in [0.2, 0.25) is 10.0 Å². The van der Waals surface area contributed by atoms with Crippen molar-refractivity contribution in [3.63, 3.8) is 0 Å². The number of sulfonamides is 1. The summed E-state index contributed by atoms with van der Waals surface area (Å²) < 4.78 is 27.5. The van der Waals surface area contributed by atoms with Gasteiger partial charge in [-0.05, 0) is 56.1 Å². The normalized spacial score (nSPS) is 29.4. The molecule has 28 heavy (non-hydrogen) atoms. The largest absolute Gasteiger partial charge is 0.393 e. The smallest absolute Gasteiger partial charge is 0.293 e. The molecule has 0 amide bonds. The number of nitrogens with one attached hydrogen (secondary N) is 1. The van der Waals surface area contributed by atoms with Crippen molar-refractivity contribution in [3.8, 4) is 0 Å². The molecule has 9 heteroatoms. The third-order valence-corrected chi connectivity index (χ3v) is 7.52. The van der Waals surface area contributed by atoms with Crippen molar-refractivity contribution >= 4 is 21.4 Å². The molecule has 3 rings (SSSR count). The number of hydrogen-bond acceptors (Lipinski definition) is 6. The molecule has 2 atom stereocenters. The van der Waals surface area contributed by atoms with Crippen LogP contribution >= 0.6 is 0 Å². The fourth-order valence-corrected chi connectivity index (χ4v) is 6.04. The first kappa shape index (κ1) is 21.0. The van der Waals surface area contributed by atoms with Gasteiger partial charge in [-0.15, -0.1) is 0 Å². The molecule has 2 N–H and O–H groups in total. The monoisotopic (exact) mass is 411 g/mol. The minimum absolute atomic E-state index is 0.0355. The van der Waals surface area contributed by atoms with Crippen LogP contribution in [0.4, 0.5) is 11.4 Å². The fourth-order valence-electron chi connectivity index (χ4n) is 4.34. The molecule has 1 aliphatic heterocycles. The van der Waals surface area contributed by atoms with Crippen molar-refractivity contribution in [1.82, 2.24) is 4.31 Å². The number of hydrogen-bond donors (Lipinski definition) is 2. The number of nitro benzene ring substituents is 1. The summed E-state index contributed by atoms with van der Waals surface area (Å²) in [5, 5.41) is 24.4. The van der Waals surface area contributed by atoms with Gasteiger partial charge in [-0.1, -0.05) is 13.8 Å². The van der Waals surface area contributed by atoms with E-state index < -0.39 is 14.9 Å². The summed E-state index contributed by atoms with van der Waals surface area (Å²) in [5.41, 5.74) is 0.0935. The van der Waals surface area contributed by atoms with Crippen LogP contribution in [0.25, 0.3) is 0 Å². The SMILES string of the molecule is C[C@H]1C[C@H](C)CN(S(=O)(=O)c2ccc(NC3CCC(O)CC3)c([N+](=O)[O-])c2)C1. The van der Waals surface area contributed by atoms with E-state index in [2.05, 4.69) is 5.32 Å². The van der Waals surface area contributed by atoms with Crippen molar-refractivity contribution in [1.29, 1.82) is 0 Å². The number of anilines is 1. The molecule has 1 aromatic carbocycles. The van der Waals surface area contributed by atoms with E-state index in [1.54, 1.807) is 0 Å². The first-order valence-corrected chi connectivity index (χ1v) is 11.3. The second kappa shape index (κ2) is 8.34. The maximum Gasteiger partial charge on any atom is 0.293 e. The number of piperidine rings is 1. The summed E-state index contributed by atoms with van der Waals surface area (Å²) in [7, 11) is -3.77. The minimum atomic E-state index is -3.77. The fraction of sp³-hybridized carbons (Fsp3) is 0.684. The third kappa shape index (κ3) is 4.64. The molecule has 8 nitrogen and oxygen atoms in total. The van der Waals surface area contributed by atoms with Gasteiger partial charge in [0.05, 0.1) is 15.9 Å². The highest BCUT2D eigenvalue weighted by atomic mass is 32.2. The summed E-state index contributed by atoms with van der Waals surface area (Å²) >= 11 is 0. The Bertz CT molecular complexity index is 811. The van der Waals surface area contributed by atoms with Crippen molar-refractivity contribution in [2.75, 3.05) is 18.4 Å². The molecule has 2 fully saturated rings. The van der Waals surface area contributed by atoms with Crippen LogP contribution in [-0.4, -0.2) is 48.0 Å². The number of nitrogens with zero attached hydrogens (tertiary/aromatic N) is 2. The van der Waals surface area contributed by atoms with Gasteiger partial charge in [0.25, 0.3) is 5.69 Å². The summed E-state index contributed by atoms with van der Waals surface area (Å²) in [6, 6.07) is 4.15. The van der Waals surface area contributed by atoms with Gasteiger partial charge in [-0.3, -0.25) is 10.1 Å². The summed E-state index contributed by atoms with van der Waals surface area (Å²) in [5.74, 6) is 0.521. The van der Waals surface area contributed by atoms with Crippen LogP contribution in [0.1, 0.15) is 46.0 Å². The van der Waals surface area contributed by atoms with E-state index in [-0.39, 0.29) is 34.6 Å². The van der Waals surface area contributed by atoms with E-state index in [4.69, 9.17) is 0 Å². The van der Waals surface area contributed by atoms with Crippen molar-refractivity contribution in [2.24, 2.45) is 11.8 Å².